The van der Waals surface area contributed by atoms with E-state index in [0.717, 1.165) is 30.5 Å². The summed E-state index contributed by atoms with van der Waals surface area (Å²) in [5, 5.41) is 2.98. The molecule has 1 saturated heterocycles. The van der Waals surface area contributed by atoms with Gasteiger partial charge in [0.2, 0.25) is 11.8 Å². The third-order valence-corrected chi connectivity index (χ3v) is 4.01. The molecule has 1 atom stereocenters. The van der Waals surface area contributed by atoms with Gasteiger partial charge in [-0.1, -0.05) is 24.3 Å². The molecule has 1 aromatic rings. The van der Waals surface area contributed by atoms with Crippen LogP contribution in [-0.2, 0) is 27.5 Å². The lowest BCUT2D eigenvalue weighted by Gasteiger charge is -2.31. The van der Waals surface area contributed by atoms with Crippen LogP contribution in [0.1, 0.15) is 30.9 Å². The van der Waals surface area contributed by atoms with E-state index in [-0.39, 0.29) is 17.7 Å². The molecule has 2 amide bonds. The summed E-state index contributed by atoms with van der Waals surface area (Å²) < 4.78 is 5.11. The number of hydrogen-bond donors (Lipinski definition) is 1. The second kappa shape index (κ2) is 7.94. The first-order chi connectivity index (χ1) is 10.6. The highest BCUT2D eigenvalue weighted by molar-refractivity contribution is 5.80. The van der Waals surface area contributed by atoms with Crippen molar-refractivity contribution in [1.29, 1.82) is 0 Å². The molecule has 0 aromatic heterocycles. The number of benzene rings is 1. The van der Waals surface area contributed by atoms with Crippen molar-refractivity contribution in [3.63, 3.8) is 0 Å². The zero-order valence-corrected chi connectivity index (χ0v) is 13.3. The van der Waals surface area contributed by atoms with Gasteiger partial charge in [0.15, 0.2) is 0 Å². The smallest absolute Gasteiger partial charge is 0.225 e. The first-order valence-corrected chi connectivity index (χ1v) is 7.70. The summed E-state index contributed by atoms with van der Waals surface area (Å²) in [6.07, 6.45) is 1.74. The van der Waals surface area contributed by atoms with Crippen LogP contribution in [0.5, 0.6) is 0 Å². The Balaban J connectivity index is 1.87. The van der Waals surface area contributed by atoms with Gasteiger partial charge in [0, 0.05) is 33.7 Å². The quantitative estimate of drug-likeness (QED) is 0.901. The van der Waals surface area contributed by atoms with E-state index in [1.807, 2.05) is 24.3 Å². The molecule has 2 rings (SSSR count). The lowest BCUT2D eigenvalue weighted by Crippen LogP contribution is -2.44. The molecule has 1 heterocycles. The normalized spacial score (nSPS) is 18.1. The molecule has 5 nitrogen and oxygen atoms in total. The van der Waals surface area contributed by atoms with Gasteiger partial charge in [0.05, 0.1) is 12.5 Å². The van der Waals surface area contributed by atoms with Gasteiger partial charge in [0.1, 0.15) is 0 Å². The minimum Gasteiger partial charge on any atom is -0.380 e. The number of likely N-dealkylation sites (tertiary alicyclic amines) is 1. The van der Waals surface area contributed by atoms with Crippen molar-refractivity contribution in [2.24, 2.45) is 5.92 Å². The molecule has 0 aliphatic carbocycles. The standard InChI is InChI=1S/C17H24N2O3/c1-13(20)19-8-4-7-16(11-19)17(21)18-10-14-5-3-6-15(9-14)12-22-2/h3,5-6,9,16H,4,7-8,10-12H2,1-2H3,(H,18,21)/t16-/m0/s1. The number of rotatable bonds is 5. The number of hydrogen-bond acceptors (Lipinski definition) is 3. The van der Waals surface area contributed by atoms with Crippen molar-refractivity contribution >= 4 is 11.8 Å². The first kappa shape index (κ1) is 16.5. The van der Waals surface area contributed by atoms with Crippen LogP contribution >= 0.6 is 0 Å². The van der Waals surface area contributed by atoms with Gasteiger partial charge in [-0.05, 0) is 24.0 Å². The fourth-order valence-electron chi connectivity index (χ4n) is 2.81. The van der Waals surface area contributed by atoms with Crippen molar-refractivity contribution in [3.05, 3.63) is 35.4 Å². The number of piperidine rings is 1. The number of carbonyl (C=O) groups excluding carboxylic acids is 2. The van der Waals surface area contributed by atoms with Crippen LogP contribution in [0.15, 0.2) is 24.3 Å². The van der Waals surface area contributed by atoms with Gasteiger partial charge >= 0.3 is 0 Å². The maximum Gasteiger partial charge on any atom is 0.225 e. The number of ether oxygens (including phenoxy) is 1. The predicted octanol–water partition coefficient (Wildman–Crippen LogP) is 1.71. The topological polar surface area (TPSA) is 58.6 Å². The molecule has 5 heteroatoms. The Kier molecular flexibility index (Phi) is 5.95. The number of methoxy groups -OCH3 is 1. The maximum atomic E-state index is 12.3. The average Bonchev–Trinajstić information content (AvgIpc) is 2.53. The van der Waals surface area contributed by atoms with Crippen LogP contribution in [0, 0.1) is 5.92 Å². The first-order valence-electron chi connectivity index (χ1n) is 7.70. The minimum atomic E-state index is -0.0974. The Hall–Kier alpha value is -1.88. The fraction of sp³-hybridized carbons (Fsp3) is 0.529. The van der Waals surface area contributed by atoms with Crippen molar-refractivity contribution in [2.75, 3.05) is 20.2 Å². The molecule has 0 saturated carbocycles. The Morgan fingerprint density at radius 3 is 2.86 bits per heavy atom. The zero-order valence-electron chi connectivity index (χ0n) is 13.3. The number of nitrogens with zero attached hydrogens (tertiary/aromatic N) is 1. The summed E-state index contributed by atoms with van der Waals surface area (Å²) in [5.41, 5.74) is 2.15. The Bertz CT molecular complexity index is 530. The second-order valence-corrected chi connectivity index (χ2v) is 5.77. The highest BCUT2D eigenvalue weighted by Gasteiger charge is 2.26. The van der Waals surface area contributed by atoms with Gasteiger partial charge in [-0.25, -0.2) is 0 Å². The summed E-state index contributed by atoms with van der Waals surface area (Å²) in [4.78, 5) is 25.5. The molecule has 0 unspecified atom stereocenters. The van der Waals surface area contributed by atoms with E-state index in [1.54, 1.807) is 18.9 Å². The molecular weight excluding hydrogens is 280 g/mol. The highest BCUT2D eigenvalue weighted by Crippen LogP contribution is 2.17. The fourth-order valence-corrected chi connectivity index (χ4v) is 2.81. The van der Waals surface area contributed by atoms with Crippen LogP contribution in [0.4, 0.5) is 0 Å². The SMILES string of the molecule is COCc1cccc(CNC(=O)[C@H]2CCCN(C(C)=O)C2)c1. The van der Waals surface area contributed by atoms with E-state index < -0.39 is 0 Å². The van der Waals surface area contributed by atoms with Crippen molar-refractivity contribution in [1.82, 2.24) is 10.2 Å². The molecule has 1 aliphatic heterocycles. The molecular formula is C17H24N2O3. The summed E-state index contributed by atoms with van der Waals surface area (Å²) in [7, 11) is 1.66. The second-order valence-electron chi connectivity index (χ2n) is 5.77. The summed E-state index contributed by atoms with van der Waals surface area (Å²) in [5.74, 6) is -0.0207. The summed E-state index contributed by atoms with van der Waals surface area (Å²) in [6, 6.07) is 7.99. The van der Waals surface area contributed by atoms with Gasteiger partial charge in [-0.2, -0.15) is 0 Å². The summed E-state index contributed by atoms with van der Waals surface area (Å²) >= 11 is 0. The van der Waals surface area contributed by atoms with Gasteiger partial charge in [-0.15, -0.1) is 0 Å². The van der Waals surface area contributed by atoms with E-state index in [1.165, 1.54) is 0 Å². The van der Waals surface area contributed by atoms with Crippen LogP contribution in [0.2, 0.25) is 0 Å². The monoisotopic (exact) mass is 304 g/mol. The van der Waals surface area contributed by atoms with E-state index >= 15 is 0 Å². The third kappa shape index (κ3) is 4.56. The average molecular weight is 304 g/mol. The number of nitrogens with one attached hydrogen (secondary N) is 1. The number of amides is 2. The van der Waals surface area contributed by atoms with Gasteiger partial charge in [0.25, 0.3) is 0 Å². The molecule has 22 heavy (non-hydrogen) atoms. The Morgan fingerprint density at radius 1 is 1.36 bits per heavy atom. The molecule has 120 valence electrons. The van der Waals surface area contributed by atoms with Crippen LogP contribution in [0.25, 0.3) is 0 Å². The molecule has 1 aliphatic rings. The van der Waals surface area contributed by atoms with Crippen molar-refractivity contribution < 1.29 is 14.3 Å². The lowest BCUT2D eigenvalue weighted by molar-refractivity contribution is -0.134. The van der Waals surface area contributed by atoms with Crippen LogP contribution in [-0.4, -0.2) is 36.9 Å². The molecule has 0 spiro atoms. The highest BCUT2D eigenvalue weighted by atomic mass is 16.5. The van der Waals surface area contributed by atoms with Crippen LogP contribution < -0.4 is 5.32 Å². The van der Waals surface area contributed by atoms with E-state index in [9.17, 15) is 9.59 Å². The third-order valence-electron chi connectivity index (χ3n) is 4.01. The molecule has 0 bridgehead atoms. The van der Waals surface area contributed by atoms with E-state index in [2.05, 4.69) is 5.32 Å². The van der Waals surface area contributed by atoms with E-state index in [0.29, 0.717) is 19.7 Å². The molecule has 0 radical (unpaired) electrons. The van der Waals surface area contributed by atoms with Crippen LogP contribution in [0.3, 0.4) is 0 Å². The largest absolute Gasteiger partial charge is 0.380 e. The van der Waals surface area contributed by atoms with Crippen molar-refractivity contribution in [3.8, 4) is 0 Å². The van der Waals surface area contributed by atoms with Gasteiger partial charge < -0.3 is 15.0 Å². The molecule has 1 aromatic carbocycles. The number of carbonyl (C=O) groups is 2. The molecule has 1 N–H and O–H groups in total. The summed E-state index contributed by atoms with van der Waals surface area (Å²) in [6.45, 7) is 3.93. The minimum absolute atomic E-state index is 0.0306. The van der Waals surface area contributed by atoms with Gasteiger partial charge in [-0.3, -0.25) is 9.59 Å². The van der Waals surface area contributed by atoms with E-state index in [4.69, 9.17) is 4.74 Å². The maximum absolute atomic E-state index is 12.3. The zero-order chi connectivity index (χ0) is 15.9. The molecule has 1 fully saturated rings. The predicted molar refractivity (Wildman–Crippen MR) is 84.0 cm³/mol. The Morgan fingerprint density at radius 2 is 2.14 bits per heavy atom. The Labute approximate surface area is 131 Å². The lowest BCUT2D eigenvalue weighted by atomic mass is 9.97. The van der Waals surface area contributed by atoms with Crippen molar-refractivity contribution in [2.45, 2.75) is 32.9 Å².